The van der Waals surface area contributed by atoms with Crippen molar-refractivity contribution in [2.75, 3.05) is 18.1 Å². The van der Waals surface area contributed by atoms with E-state index in [9.17, 15) is 18.0 Å². The molecule has 6 nitrogen and oxygen atoms in total. The van der Waals surface area contributed by atoms with E-state index in [4.69, 9.17) is 0 Å². The van der Waals surface area contributed by atoms with Gasteiger partial charge in [0.1, 0.15) is 0 Å². The van der Waals surface area contributed by atoms with Crippen LogP contribution in [0.15, 0.2) is 53.4 Å². The SMILES string of the molecule is CNC(=O)c1ccccc1NC(=O)CCS(=O)(=O)c1ccc(C)cc1. The maximum atomic E-state index is 12.3. The molecule has 0 saturated carbocycles. The van der Waals surface area contributed by atoms with Crippen molar-refractivity contribution in [2.45, 2.75) is 18.2 Å². The summed E-state index contributed by atoms with van der Waals surface area (Å²) in [5.41, 5.74) is 1.63. The maximum Gasteiger partial charge on any atom is 0.253 e. The number of nitrogens with one attached hydrogen (secondary N) is 2. The predicted octanol–water partition coefficient (Wildman–Crippen LogP) is 2.16. The summed E-state index contributed by atoms with van der Waals surface area (Å²) in [4.78, 5) is 24.1. The number of rotatable bonds is 6. The van der Waals surface area contributed by atoms with Crippen LogP contribution in [-0.2, 0) is 14.6 Å². The quantitative estimate of drug-likeness (QED) is 0.826. The summed E-state index contributed by atoms with van der Waals surface area (Å²) < 4.78 is 24.6. The number of para-hydroxylation sites is 1. The summed E-state index contributed by atoms with van der Waals surface area (Å²) in [7, 11) is -2.04. The van der Waals surface area contributed by atoms with Gasteiger partial charge in [-0.05, 0) is 31.2 Å². The minimum absolute atomic E-state index is 0.191. The minimum atomic E-state index is -3.54. The van der Waals surface area contributed by atoms with E-state index < -0.39 is 15.7 Å². The van der Waals surface area contributed by atoms with Crippen molar-refractivity contribution in [3.05, 3.63) is 59.7 Å². The Hall–Kier alpha value is -2.67. The first-order chi connectivity index (χ1) is 11.8. The molecule has 25 heavy (non-hydrogen) atoms. The minimum Gasteiger partial charge on any atom is -0.355 e. The van der Waals surface area contributed by atoms with E-state index in [-0.39, 0.29) is 23.0 Å². The van der Waals surface area contributed by atoms with Gasteiger partial charge in [-0.2, -0.15) is 0 Å². The monoisotopic (exact) mass is 360 g/mol. The molecule has 0 saturated heterocycles. The van der Waals surface area contributed by atoms with Crippen LogP contribution in [0.4, 0.5) is 5.69 Å². The third kappa shape index (κ3) is 4.90. The molecular formula is C18H20N2O4S. The Kier molecular flexibility index (Phi) is 5.93. The lowest BCUT2D eigenvalue weighted by molar-refractivity contribution is -0.115. The molecule has 0 bridgehead atoms. The molecule has 0 heterocycles. The highest BCUT2D eigenvalue weighted by molar-refractivity contribution is 7.91. The first-order valence-electron chi connectivity index (χ1n) is 7.74. The number of hydrogen-bond acceptors (Lipinski definition) is 4. The van der Waals surface area contributed by atoms with Gasteiger partial charge in [0.2, 0.25) is 5.91 Å². The average molecular weight is 360 g/mol. The van der Waals surface area contributed by atoms with Gasteiger partial charge in [0.05, 0.1) is 21.9 Å². The number of aryl methyl sites for hydroxylation is 1. The molecule has 0 radical (unpaired) electrons. The Morgan fingerprint density at radius 3 is 2.28 bits per heavy atom. The molecular weight excluding hydrogens is 340 g/mol. The molecule has 2 aromatic carbocycles. The highest BCUT2D eigenvalue weighted by Gasteiger charge is 2.17. The molecule has 2 aromatic rings. The zero-order chi connectivity index (χ0) is 18.4. The second kappa shape index (κ2) is 7.94. The number of sulfone groups is 1. The van der Waals surface area contributed by atoms with E-state index in [2.05, 4.69) is 10.6 Å². The summed E-state index contributed by atoms with van der Waals surface area (Å²) in [5, 5.41) is 5.09. The van der Waals surface area contributed by atoms with E-state index in [0.29, 0.717) is 11.3 Å². The third-order valence-corrected chi connectivity index (χ3v) is 5.38. The fourth-order valence-electron chi connectivity index (χ4n) is 2.23. The van der Waals surface area contributed by atoms with Gasteiger partial charge in [-0.15, -0.1) is 0 Å². The third-order valence-electron chi connectivity index (χ3n) is 3.65. The number of carbonyl (C=O) groups excluding carboxylic acids is 2. The highest BCUT2D eigenvalue weighted by Crippen LogP contribution is 2.16. The summed E-state index contributed by atoms with van der Waals surface area (Å²) in [6.45, 7) is 1.87. The first-order valence-corrected chi connectivity index (χ1v) is 9.39. The molecule has 0 spiro atoms. The van der Waals surface area contributed by atoms with Gasteiger partial charge in [0, 0.05) is 13.5 Å². The predicted molar refractivity (Wildman–Crippen MR) is 96.3 cm³/mol. The van der Waals surface area contributed by atoms with Crippen molar-refractivity contribution >= 4 is 27.3 Å². The number of amides is 2. The van der Waals surface area contributed by atoms with Gasteiger partial charge in [0.15, 0.2) is 9.84 Å². The van der Waals surface area contributed by atoms with E-state index in [1.54, 1.807) is 36.4 Å². The van der Waals surface area contributed by atoms with Crippen molar-refractivity contribution in [1.82, 2.24) is 5.32 Å². The van der Waals surface area contributed by atoms with Gasteiger partial charge >= 0.3 is 0 Å². The molecule has 0 aliphatic carbocycles. The number of hydrogen-bond donors (Lipinski definition) is 2. The van der Waals surface area contributed by atoms with Crippen LogP contribution in [0.2, 0.25) is 0 Å². The Morgan fingerprint density at radius 2 is 1.64 bits per heavy atom. The Morgan fingerprint density at radius 1 is 1.00 bits per heavy atom. The molecule has 0 aliphatic heterocycles. The van der Waals surface area contributed by atoms with E-state index >= 15 is 0 Å². The second-order valence-corrected chi connectivity index (χ2v) is 7.66. The Balaban J connectivity index is 2.04. The van der Waals surface area contributed by atoms with Gasteiger partial charge < -0.3 is 10.6 Å². The zero-order valence-electron chi connectivity index (χ0n) is 14.1. The number of carbonyl (C=O) groups is 2. The molecule has 2 rings (SSSR count). The van der Waals surface area contributed by atoms with Gasteiger partial charge in [-0.3, -0.25) is 9.59 Å². The van der Waals surface area contributed by atoms with Crippen LogP contribution in [0, 0.1) is 6.92 Å². The standard InChI is InChI=1S/C18H20N2O4S/c1-13-7-9-14(10-8-13)25(23,24)12-11-17(21)20-16-6-4-3-5-15(16)18(22)19-2/h3-10H,11-12H2,1-2H3,(H,19,22)(H,20,21). The van der Waals surface area contributed by atoms with Gasteiger partial charge in [-0.1, -0.05) is 29.8 Å². The normalized spacial score (nSPS) is 11.0. The maximum absolute atomic E-state index is 12.3. The summed E-state index contributed by atoms with van der Waals surface area (Å²) in [6.07, 6.45) is -0.196. The van der Waals surface area contributed by atoms with Crippen LogP contribution in [0.25, 0.3) is 0 Å². The van der Waals surface area contributed by atoms with Gasteiger partial charge in [-0.25, -0.2) is 8.42 Å². The molecule has 0 fully saturated rings. The molecule has 0 unspecified atom stereocenters. The van der Waals surface area contributed by atoms with Crippen LogP contribution in [-0.4, -0.2) is 33.0 Å². The van der Waals surface area contributed by atoms with Crippen molar-refractivity contribution in [3.8, 4) is 0 Å². The lowest BCUT2D eigenvalue weighted by Crippen LogP contribution is -2.22. The fraction of sp³-hybridized carbons (Fsp3) is 0.222. The van der Waals surface area contributed by atoms with Crippen LogP contribution in [0.5, 0.6) is 0 Å². The number of anilines is 1. The molecule has 7 heteroatoms. The van der Waals surface area contributed by atoms with E-state index in [1.165, 1.54) is 19.2 Å². The first kappa shape index (κ1) is 18.7. The van der Waals surface area contributed by atoms with Crippen LogP contribution < -0.4 is 10.6 Å². The Labute approximate surface area is 147 Å². The molecule has 132 valence electrons. The lowest BCUT2D eigenvalue weighted by atomic mass is 10.1. The van der Waals surface area contributed by atoms with Crippen LogP contribution in [0.3, 0.4) is 0 Å². The number of benzene rings is 2. The molecule has 2 N–H and O–H groups in total. The molecule has 0 aliphatic rings. The summed E-state index contributed by atoms with van der Waals surface area (Å²) in [6, 6.07) is 13.0. The summed E-state index contributed by atoms with van der Waals surface area (Å²) >= 11 is 0. The van der Waals surface area contributed by atoms with E-state index in [0.717, 1.165) is 5.56 Å². The van der Waals surface area contributed by atoms with Crippen LogP contribution >= 0.6 is 0 Å². The van der Waals surface area contributed by atoms with Crippen LogP contribution in [0.1, 0.15) is 22.3 Å². The zero-order valence-corrected chi connectivity index (χ0v) is 14.9. The largest absolute Gasteiger partial charge is 0.355 e. The van der Waals surface area contributed by atoms with Crippen molar-refractivity contribution in [3.63, 3.8) is 0 Å². The molecule has 2 amide bonds. The van der Waals surface area contributed by atoms with Crippen molar-refractivity contribution in [1.29, 1.82) is 0 Å². The smallest absolute Gasteiger partial charge is 0.253 e. The second-order valence-electron chi connectivity index (χ2n) is 5.55. The topological polar surface area (TPSA) is 92.3 Å². The van der Waals surface area contributed by atoms with Crippen molar-refractivity contribution < 1.29 is 18.0 Å². The van der Waals surface area contributed by atoms with Crippen molar-refractivity contribution in [2.24, 2.45) is 0 Å². The molecule has 0 aromatic heterocycles. The van der Waals surface area contributed by atoms with E-state index in [1.807, 2.05) is 6.92 Å². The molecule has 0 atom stereocenters. The highest BCUT2D eigenvalue weighted by atomic mass is 32.2. The fourth-order valence-corrected chi connectivity index (χ4v) is 3.47. The van der Waals surface area contributed by atoms with Gasteiger partial charge in [0.25, 0.3) is 5.91 Å². The summed E-state index contributed by atoms with van der Waals surface area (Å²) in [5.74, 6) is -1.10. The average Bonchev–Trinajstić information content (AvgIpc) is 2.60. The Bertz CT molecular complexity index is 874. The lowest BCUT2D eigenvalue weighted by Gasteiger charge is -2.10.